The minimum atomic E-state index is -0.217. The molecule has 8 heteroatoms. The van der Waals surface area contributed by atoms with E-state index in [0.717, 1.165) is 0 Å². The second-order valence-corrected chi connectivity index (χ2v) is 6.57. The third kappa shape index (κ3) is 4.02. The standard InChI is InChI=1S/C14H14BrN5OS/c1-9(2)7-20(19-14(21)10-3-4-22-8-10)13-11(15)6-17-12(5-16)18-13/h3-4,6,8-9H,7H2,1-2H3,(H,19,21). The minimum absolute atomic E-state index is 0.0525. The van der Waals surface area contributed by atoms with Crippen LogP contribution >= 0.6 is 27.3 Å². The van der Waals surface area contributed by atoms with Crippen LogP contribution in [0, 0.1) is 17.2 Å². The molecule has 2 aromatic rings. The molecular formula is C14H14BrN5OS. The van der Waals surface area contributed by atoms with Gasteiger partial charge < -0.3 is 0 Å². The first-order valence-corrected chi connectivity index (χ1v) is 8.28. The molecule has 2 heterocycles. The molecule has 6 nitrogen and oxygen atoms in total. The van der Waals surface area contributed by atoms with E-state index in [0.29, 0.717) is 22.4 Å². The number of thiophene rings is 1. The van der Waals surface area contributed by atoms with Gasteiger partial charge in [0, 0.05) is 18.1 Å². The Bertz CT molecular complexity index is 696. The smallest absolute Gasteiger partial charge is 0.267 e. The fraction of sp³-hybridized carbons (Fsp3) is 0.286. The highest BCUT2D eigenvalue weighted by molar-refractivity contribution is 9.10. The summed E-state index contributed by atoms with van der Waals surface area (Å²) in [6, 6.07) is 3.66. The highest BCUT2D eigenvalue weighted by Crippen LogP contribution is 2.23. The topological polar surface area (TPSA) is 81.9 Å². The number of halogens is 1. The largest absolute Gasteiger partial charge is 0.270 e. The number of hydrogen-bond acceptors (Lipinski definition) is 6. The number of hydrazine groups is 1. The van der Waals surface area contributed by atoms with Crippen molar-refractivity contribution in [3.8, 4) is 6.07 Å². The molecular weight excluding hydrogens is 366 g/mol. The van der Waals surface area contributed by atoms with E-state index in [1.807, 2.05) is 25.3 Å². The number of nitrogens with one attached hydrogen (secondary N) is 1. The van der Waals surface area contributed by atoms with Crippen LogP contribution in [0.25, 0.3) is 0 Å². The van der Waals surface area contributed by atoms with E-state index >= 15 is 0 Å². The summed E-state index contributed by atoms with van der Waals surface area (Å²) in [6.07, 6.45) is 1.50. The van der Waals surface area contributed by atoms with Crippen LogP contribution in [0.15, 0.2) is 27.5 Å². The van der Waals surface area contributed by atoms with Crippen molar-refractivity contribution >= 4 is 39.0 Å². The quantitative estimate of drug-likeness (QED) is 0.807. The molecule has 1 amide bonds. The molecule has 22 heavy (non-hydrogen) atoms. The molecule has 0 radical (unpaired) electrons. The fourth-order valence-corrected chi connectivity index (χ4v) is 2.77. The van der Waals surface area contributed by atoms with Gasteiger partial charge in [-0.05, 0) is 33.3 Å². The number of aromatic nitrogens is 2. The lowest BCUT2D eigenvalue weighted by molar-refractivity contribution is 0.0947. The summed E-state index contributed by atoms with van der Waals surface area (Å²) in [5.41, 5.74) is 3.42. The summed E-state index contributed by atoms with van der Waals surface area (Å²) in [7, 11) is 0. The molecule has 0 aliphatic heterocycles. The molecule has 0 bridgehead atoms. The Morgan fingerprint density at radius 1 is 1.59 bits per heavy atom. The average molecular weight is 380 g/mol. The molecule has 1 N–H and O–H groups in total. The molecule has 0 fully saturated rings. The van der Waals surface area contributed by atoms with Crippen LogP contribution in [0.1, 0.15) is 30.0 Å². The van der Waals surface area contributed by atoms with Gasteiger partial charge in [0.1, 0.15) is 6.07 Å². The Morgan fingerprint density at radius 3 is 2.95 bits per heavy atom. The highest BCUT2D eigenvalue weighted by Gasteiger charge is 2.18. The third-order valence-corrected chi connectivity index (χ3v) is 3.89. The number of rotatable bonds is 5. The Balaban J connectivity index is 2.30. The molecule has 114 valence electrons. The summed E-state index contributed by atoms with van der Waals surface area (Å²) < 4.78 is 0.609. The first-order valence-electron chi connectivity index (χ1n) is 6.54. The molecule has 2 aromatic heterocycles. The minimum Gasteiger partial charge on any atom is -0.267 e. The SMILES string of the molecule is CC(C)CN(NC(=O)c1ccsc1)c1nc(C#N)ncc1Br. The van der Waals surface area contributed by atoms with E-state index in [-0.39, 0.29) is 17.6 Å². The van der Waals surface area contributed by atoms with Crippen molar-refractivity contribution in [3.05, 3.63) is 38.9 Å². The molecule has 2 rings (SSSR count). The molecule has 0 saturated heterocycles. The van der Waals surface area contributed by atoms with Crippen molar-refractivity contribution in [2.24, 2.45) is 5.92 Å². The maximum absolute atomic E-state index is 12.3. The molecule has 0 saturated carbocycles. The second-order valence-electron chi connectivity index (χ2n) is 4.93. The summed E-state index contributed by atoms with van der Waals surface area (Å²) in [4.78, 5) is 20.3. The van der Waals surface area contributed by atoms with Crippen molar-refractivity contribution in [3.63, 3.8) is 0 Å². The van der Waals surface area contributed by atoms with Gasteiger partial charge in [-0.1, -0.05) is 13.8 Å². The van der Waals surface area contributed by atoms with E-state index in [4.69, 9.17) is 5.26 Å². The first-order chi connectivity index (χ1) is 10.5. The van der Waals surface area contributed by atoms with Crippen LogP contribution in [-0.4, -0.2) is 22.4 Å². The van der Waals surface area contributed by atoms with E-state index in [1.165, 1.54) is 17.5 Å². The average Bonchev–Trinajstić information content (AvgIpc) is 3.01. The first kappa shape index (κ1) is 16.4. The Hall–Kier alpha value is -1.98. The zero-order valence-electron chi connectivity index (χ0n) is 12.1. The molecule has 0 aromatic carbocycles. The number of nitriles is 1. The number of hydrogen-bond donors (Lipinski definition) is 1. The number of carbonyl (C=O) groups excluding carboxylic acids is 1. The van der Waals surface area contributed by atoms with Crippen LogP contribution in [0.4, 0.5) is 5.82 Å². The monoisotopic (exact) mass is 379 g/mol. The van der Waals surface area contributed by atoms with Crippen LogP contribution < -0.4 is 10.4 Å². The van der Waals surface area contributed by atoms with Gasteiger partial charge in [-0.2, -0.15) is 21.6 Å². The molecule has 0 aliphatic rings. The Labute approximate surface area is 140 Å². The lowest BCUT2D eigenvalue weighted by Crippen LogP contribution is -2.45. The predicted molar refractivity (Wildman–Crippen MR) is 88.4 cm³/mol. The van der Waals surface area contributed by atoms with Crippen molar-refractivity contribution in [2.45, 2.75) is 13.8 Å². The molecule has 0 unspecified atom stereocenters. The van der Waals surface area contributed by atoms with Gasteiger partial charge in [0.2, 0.25) is 5.82 Å². The van der Waals surface area contributed by atoms with Gasteiger partial charge in [0.15, 0.2) is 5.82 Å². The normalized spacial score (nSPS) is 10.3. The van der Waals surface area contributed by atoms with Crippen molar-refractivity contribution in [1.29, 1.82) is 5.26 Å². The van der Waals surface area contributed by atoms with Gasteiger partial charge in [0.05, 0.1) is 10.0 Å². The molecule has 0 atom stereocenters. The second kappa shape index (κ2) is 7.33. The van der Waals surface area contributed by atoms with Crippen LogP contribution in [0.3, 0.4) is 0 Å². The van der Waals surface area contributed by atoms with E-state index in [1.54, 1.807) is 16.5 Å². The number of anilines is 1. The highest BCUT2D eigenvalue weighted by atomic mass is 79.9. The van der Waals surface area contributed by atoms with E-state index in [9.17, 15) is 4.79 Å². The third-order valence-electron chi connectivity index (χ3n) is 2.65. The van der Waals surface area contributed by atoms with Gasteiger partial charge in [-0.3, -0.25) is 15.2 Å². The van der Waals surface area contributed by atoms with Crippen LogP contribution in [-0.2, 0) is 0 Å². The number of nitrogens with zero attached hydrogens (tertiary/aromatic N) is 4. The van der Waals surface area contributed by atoms with E-state index < -0.39 is 0 Å². The predicted octanol–water partition coefficient (Wildman–Crippen LogP) is 2.98. The summed E-state index contributed by atoms with van der Waals surface area (Å²) in [6.45, 7) is 4.62. The molecule has 0 spiro atoms. The maximum atomic E-state index is 12.3. The van der Waals surface area contributed by atoms with Crippen LogP contribution in [0.5, 0.6) is 0 Å². The zero-order valence-corrected chi connectivity index (χ0v) is 14.5. The number of carbonyl (C=O) groups is 1. The Morgan fingerprint density at radius 2 is 2.36 bits per heavy atom. The van der Waals surface area contributed by atoms with Crippen LogP contribution in [0.2, 0.25) is 0 Å². The number of amides is 1. The van der Waals surface area contributed by atoms with Crippen molar-refractivity contribution in [2.75, 3.05) is 11.6 Å². The Kier molecular flexibility index (Phi) is 5.46. The fourth-order valence-electron chi connectivity index (χ4n) is 1.73. The van der Waals surface area contributed by atoms with Crippen molar-refractivity contribution < 1.29 is 4.79 Å². The van der Waals surface area contributed by atoms with Gasteiger partial charge in [-0.25, -0.2) is 4.98 Å². The summed E-state index contributed by atoms with van der Waals surface area (Å²) >= 11 is 4.82. The molecule has 0 aliphatic carbocycles. The van der Waals surface area contributed by atoms with Crippen molar-refractivity contribution in [1.82, 2.24) is 15.4 Å². The maximum Gasteiger partial charge on any atom is 0.270 e. The van der Waals surface area contributed by atoms with Gasteiger partial charge in [-0.15, -0.1) is 0 Å². The lowest BCUT2D eigenvalue weighted by atomic mass is 10.2. The van der Waals surface area contributed by atoms with Gasteiger partial charge in [0.25, 0.3) is 5.91 Å². The zero-order chi connectivity index (χ0) is 16.1. The summed E-state index contributed by atoms with van der Waals surface area (Å²) in [5.74, 6) is 0.585. The van der Waals surface area contributed by atoms with E-state index in [2.05, 4.69) is 31.3 Å². The van der Waals surface area contributed by atoms with Gasteiger partial charge >= 0.3 is 0 Å². The summed E-state index contributed by atoms with van der Waals surface area (Å²) in [5, 5.41) is 14.2. The lowest BCUT2D eigenvalue weighted by Gasteiger charge is -2.26.